The number of hydrogen-bond acceptors (Lipinski definition) is 5. The van der Waals surface area contributed by atoms with Gasteiger partial charge in [-0.15, -0.1) is 0 Å². The van der Waals surface area contributed by atoms with Gasteiger partial charge in [-0.2, -0.15) is 5.26 Å². The maximum atomic E-state index is 14.4. The Morgan fingerprint density at radius 1 is 1.37 bits per heavy atom. The van der Waals surface area contributed by atoms with Gasteiger partial charge in [0.25, 0.3) is 0 Å². The smallest absolute Gasteiger partial charge is 0.214 e. The molecule has 1 aromatic carbocycles. The van der Waals surface area contributed by atoms with Crippen molar-refractivity contribution in [2.24, 2.45) is 5.92 Å². The number of sulfonamides is 1. The molecule has 1 saturated heterocycles. The molecule has 148 valence electrons. The molecule has 2 fully saturated rings. The van der Waals surface area contributed by atoms with Crippen molar-refractivity contribution in [3.8, 4) is 11.8 Å². The monoisotopic (exact) mass is 396 g/mol. The van der Waals surface area contributed by atoms with Crippen LogP contribution >= 0.6 is 0 Å². The van der Waals surface area contributed by atoms with Crippen molar-refractivity contribution in [2.45, 2.75) is 49.8 Å². The average molecular weight is 396 g/mol. The number of rotatable bonds is 7. The normalized spacial score (nSPS) is 23.6. The highest BCUT2D eigenvalue weighted by atomic mass is 32.2. The van der Waals surface area contributed by atoms with Gasteiger partial charge < -0.3 is 9.47 Å². The van der Waals surface area contributed by atoms with Crippen molar-refractivity contribution in [1.29, 1.82) is 5.26 Å². The van der Waals surface area contributed by atoms with Crippen molar-refractivity contribution in [3.05, 3.63) is 29.6 Å². The van der Waals surface area contributed by atoms with E-state index < -0.39 is 21.3 Å². The number of nitrogens with zero attached hydrogens (tertiary/aromatic N) is 1. The summed E-state index contributed by atoms with van der Waals surface area (Å²) in [6, 6.07) is 6.36. The largest absolute Gasteiger partial charge is 0.490 e. The van der Waals surface area contributed by atoms with Gasteiger partial charge in [-0.05, 0) is 50.8 Å². The molecule has 2 unspecified atom stereocenters. The van der Waals surface area contributed by atoms with Gasteiger partial charge in [0.15, 0.2) is 11.6 Å². The molecule has 0 amide bonds. The molecule has 2 atom stereocenters. The molecule has 8 heteroatoms. The number of halogens is 1. The Morgan fingerprint density at radius 3 is 2.74 bits per heavy atom. The fraction of sp³-hybridized carbons (Fsp3) is 0.632. The van der Waals surface area contributed by atoms with Crippen LogP contribution in [0.4, 0.5) is 4.39 Å². The summed E-state index contributed by atoms with van der Waals surface area (Å²) in [5, 5.41) is 8.89. The number of benzene rings is 1. The van der Waals surface area contributed by atoms with E-state index in [4.69, 9.17) is 9.47 Å². The second-order valence-electron chi connectivity index (χ2n) is 7.79. The summed E-state index contributed by atoms with van der Waals surface area (Å²) in [5.74, 6) is -0.647. The molecule has 6 nitrogen and oxygen atoms in total. The Kier molecular flexibility index (Phi) is 5.75. The summed E-state index contributed by atoms with van der Waals surface area (Å²) >= 11 is 0. The highest BCUT2D eigenvalue weighted by Gasteiger charge is 2.39. The van der Waals surface area contributed by atoms with Crippen molar-refractivity contribution >= 4 is 10.0 Å². The fourth-order valence-electron chi connectivity index (χ4n) is 3.07. The molecule has 0 spiro atoms. The molecule has 1 heterocycles. The van der Waals surface area contributed by atoms with E-state index in [1.807, 2.05) is 0 Å². The lowest BCUT2D eigenvalue weighted by atomic mass is 9.86. The molecule has 1 N–H and O–H groups in total. The van der Waals surface area contributed by atoms with Crippen LogP contribution in [0.2, 0.25) is 0 Å². The Morgan fingerprint density at radius 2 is 2.11 bits per heavy atom. The minimum atomic E-state index is -3.30. The topological polar surface area (TPSA) is 88.4 Å². The van der Waals surface area contributed by atoms with Crippen LogP contribution in [0.15, 0.2) is 18.2 Å². The molecule has 0 aromatic heterocycles. The number of ether oxygens (including phenoxy) is 2. The zero-order chi connectivity index (χ0) is 19.7. The lowest BCUT2D eigenvalue weighted by Crippen LogP contribution is -2.48. The quantitative estimate of drug-likeness (QED) is 0.765. The third-order valence-electron chi connectivity index (χ3n) is 5.14. The zero-order valence-corrected chi connectivity index (χ0v) is 16.4. The van der Waals surface area contributed by atoms with Crippen LogP contribution in [0.1, 0.15) is 38.7 Å². The van der Waals surface area contributed by atoms with Gasteiger partial charge in [0.2, 0.25) is 10.0 Å². The Bertz CT molecular complexity index is 831. The van der Waals surface area contributed by atoms with E-state index in [1.54, 1.807) is 19.9 Å². The van der Waals surface area contributed by atoms with Gasteiger partial charge in [0.1, 0.15) is 0 Å². The highest BCUT2D eigenvalue weighted by molar-refractivity contribution is 7.90. The van der Waals surface area contributed by atoms with Crippen molar-refractivity contribution in [3.63, 3.8) is 0 Å². The van der Waals surface area contributed by atoms with E-state index in [0.29, 0.717) is 38.0 Å². The summed E-state index contributed by atoms with van der Waals surface area (Å²) in [4.78, 5) is 0. The molecule has 1 saturated carbocycles. The first-order valence-electron chi connectivity index (χ1n) is 9.16. The zero-order valence-electron chi connectivity index (χ0n) is 15.6. The predicted molar refractivity (Wildman–Crippen MR) is 98.3 cm³/mol. The molecule has 1 aliphatic carbocycles. The number of nitriles is 1. The Balaban J connectivity index is 1.65. The third kappa shape index (κ3) is 4.78. The van der Waals surface area contributed by atoms with Gasteiger partial charge in [-0.1, -0.05) is 6.07 Å². The fourth-order valence-corrected chi connectivity index (χ4v) is 4.75. The second kappa shape index (κ2) is 7.74. The lowest BCUT2D eigenvalue weighted by molar-refractivity contribution is 0.0180. The Labute approximate surface area is 159 Å². The molecule has 1 aromatic rings. The van der Waals surface area contributed by atoms with E-state index in [9.17, 15) is 18.1 Å². The molecule has 1 aliphatic heterocycles. The third-order valence-corrected chi connectivity index (χ3v) is 7.12. The molecule has 3 rings (SSSR count). The summed E-state index contributed by atoms with van der Waals surface area (Å²) in [6.45, 7) is 4.44. The van der Waals surface area contributed by atoms with E-state index in [1.165, 1.54) is 12.1 Å². The van der Waals surface area contributed by atoms with Gasteiger partial charge in [0.05, 0.1) is 29.9 Å². The van der Waals surface area contributed by atoms with E-state index in [-0.39, 0.29) is 29.6 Å². The SMILES string of the molecule is CC(C)(C#N)c1ccc(OCC2COCCC2NS(=O)(=O)C2CC2)c(F)c1. The van der Waals surface area contributed by atoms with Gasteiger partial charge >= 0.3 is 0 Å². The van der Waals surface area contributed by atoms with Crippen molar-refractivity contribution in [2.75, 3.05) is 19.8 Å². The summed E-state index contributed by atoms with van der Waals surface area (Å²) in [5.41, 5.74) is -0.214. The van der Waals surface area contributed by atoms with E-state index in [0.717, 1.165) is 0 Å². The van der Waals surface area contributed by atoms with Crippen LogP contribution in [0.3, 0.4) is 0 Å². The Hall–Kier alpha value is -1.69. The van der Waals surface area contributed by atoms with Crippen LogP contribution in [0, 0.1) is 23.1 Å². The van der Waals surface area contributed by atoms with Crippen LogP contribution in [-0.2, 0) is 20.2 Å². The molecule has 0 bridgehead atoms. The van der Waals surface area contributed by atoms with E-state index >= 15 is 0 Å². The molecular weight excluding hydrogens is 371 g/mol. The second-order valence-corrected chi connectivity index (χ2v) is 9.78. The maximum absolute atomic E-state index is 14.4. The van der Waals surface area contributed by atoms with Crippen molar-refractivity contribution < 1.29 is 22.3 Å². The average Bonchev–Trinajstić information content (AvgIpc) is 3.47. The first-order chi connectivity index (χ1) is 12.7. The van der Waals surface area contributed by atoms with Gasteiger partial charge in [-0.3, -0.25) is 0 Å². The predicted octanol–water partition coefficient (Wildman–Crippen LogP) is 2.49. The number of nitrogens with one attached hydrogen (secondary N) is 1. The van der Waals surface area contributed by atoms with Crippen molar-refractivity contribution in [1.82, 2.24) is 4.72 Å². The minimum Gasteiger partial charge on any atom is -0.490 e. The highest BCUT2D eigenvalue weighted by Crippen LogP contribution is 2.30. The maximum Gasteiger partial charge on any atom is 0.214 e. The molecule has 0 radical (unpaired) electrons. The van der Waals surface area contributed by atoms with Crippen LogP contribution in [0.5, 0.6) is 5.75 Å². The summed E-state index contributed by atoms with van der Waals surface area (Å²) < 4.78 is 52.7. The van der Waals surface area contributed by atoms with E-state index in [2.05, 4.69) is 10.8 Å². The van der Waals surface area contributed by atoms with Crippen LogP contribution < -0.4 is 9.46 Å². The lowest BCUT2D eigenvalue weighted by Gasteiger charge is -2.32. The van der Waals surface area contributed by atoms with Crippen LogP contribution in [-0.4, -0.2) is 39.5 Å². The van der Waals surface area contributed by atoms with Crippen LogP contribution in [0.25, 0.3) is 0 Å². The van der Waals surface area contributed by atoms with Gasteiger partial charge in [0, 0.05) is 18.6 Å². The first-order valence-corrected chi connectivity index (χ1v) is 10.7. The number of hydrogen-bond donors (Lipinski definition) is 1. The summed E-state index contributed by atoms with van der Waals surface area (Å²) in [7, 11) is -3.30. The summed E-state index contributed by atoms with van der Waals surface area (Å²) in [6.07, 6.45) is 1.98. The standard InChI is InChI=1S/C19H25FN2O4S/c1-19(2,12-21)14-3-6-18(16(20)9-14)26-11-13-10-25-8-7-17(13)22-27(23,24)15-4-5-15/h3,6,9,13,15,17,22H,4-5,7-8,10-11H2,1-2H3. The molecular formula is C19H25FN2O4S. The first kappa shape index (κ1) is 20.1. The van der Waals surface area contributed by atoms with Gasteiger partial charge in [-0.25, -0.2) is 17.5 Å². The molecule has 27 heavy (non-hydrogen) atoms. The molecule has 2 aliphatic rings. The minimum absolute atomic E-state index is 0.0851.